The van der Waals surface area contributed by atoms with Crippen LogP contribution in [0, 0.1) is 0 Å². The molecule has 0 aromatic heterocycles. The summed E-state index contributed by atoms with van der Waals surface area (Å²) in [5, 5.41) is 0. The van der Waals surface area contributed by atoms with E-state index in [0.717, 1.165) is 0 Å². The van der Waals surface area contributed by atoms with Gasteiger partial charge < -0.3 is 4.90 Å². The quantitative estimate of drug-likeness (QED) is 0.164. The zero-order chi connectivity index (χ0) is 38.3. The minimum absolute atomic E-state index is 0.153. The maximum Gasteiger partial charge on any atom is 0.0462 e. The molecule has 0 unspecified atom stereocenters. The first kappa shape index (κ1) is 34.4. The SMILES string of the molecule is C1=C(c2ccc(N(c3ccc(C4=Cc5ccccc5C45CCCC5)cc3)c3ccc(C4=Cc5ccccc5C45CCCC5)cc3)cc2)C2(CCCC2)c2ccccc21. The van der Waals surface area contributed by atoms with Crippen LogP contribution in [0.1, 0.15) is 127 Å². The summed E-state index contributed by atoms with van der Waals surface area (Å²) in [6.07, 6.45) is 22.8. The minimum Gasteiger partial charge on any atom is -0.311 e. The standard InChI is InChI=1S/C57H51N/c1-4-16-49-43(13-1)37-52(55(49)31-7-8-32-55)40-19-25-46(26-20-40)58(47-27-21-41(22-28-47)53-38-44-14-2-5-17-50(44)56(53)33-9-10-34-56)48-29-23-42(24-30-48)54-39-45-15-3-6-18-51(45)57(54)35-11-12-36-57/h1-6,13-30,37-39H,7-12,31-36H2. The second kappa shape index (κ2) is 13.2. The van der Waals surface area contributed by atoms with Gasteiger partial charge in [-0.05, 0) is 160 Å². The van der Waals surface area contributed by atoms with Crippen LogP contribution >= 0.6 is 0 Å². The predicted molar refractivity (Wildman–Crippen MR) is 245 cm³/mol. The maximum absolute atomic E-state index is 2.49. The van der Waals surface area contributed by atoms with E-state index in [4.69, 9.17) is 0 Å². The van der Waals surface area contributed by atoms with Gasteiger partial charge in [-0.15, -0.1) is 0 Å². The van der Waals surface area contributed by atoms with Gasteiger partial charge >= 0.3 is 0 Å². The average Bonchev–Trinajstić information content (AvgIpc) is 4.16. The highest BCUT2D eigenvalue weighted by Gasteiger charge is 2.46. The van der Waals surface area contributed by atoms with Crippen LogP contribution in [0.5, 0.6) is 0 Å². The fraction of sp³-hybridized carbons (Fsp3) is 0.263. The Bertz CT molecular complexity index is 2350. The summed E-state index contributed by atoms with van der Waals surface area (Å²) in [5.74, 6) is 0. The van der Waals surface area contributed by atoms with Crippen LogP contribution in [0.15, 0.2) is 146 Å². The lowest BCUT2D eigenvalue weighted by Crippen LogP contribution is -2.21. The summed E-state index contributed by atoms with van der Waals surface area (Å²) in [6.45, 7) is 0. The number of hydrogen-bond acceptors (Lipinski definition) is 1. The Balaban J connectivity index is 0.927. The second-order valence-electron chi connectivity index (χ2n) is 18.3. The number of rotatable bonds is 6. The Kier molecular flexibility index (Phi) is 7.82. The smallest absolute Gasteiger partial charge is 0.0462 e. The summed E-state index contributed by atoms with van der Waals surface area (Å²) in [7, 11) is 0. The van der Waals surface area contributed by atoms with Gasteiger partial charge in [0.05, 0.1) is 0 Å². The van der Waals surface area contributed by atoms with Crippen LogP contribution in [0.2, 0.25) is 0 Å². The molecule has 6 aromatic rings. The van der Waals surface area contributed by atoms with Gasteiger partial charge in [0.15, 0.2) is 0 Å². The second-order valence-corrected chi connectivity index (χ2v) is 18.3. The molecule has 0 atom stereocenters. The number of benzene rings is 6. The monoisotopic (exact) mass is 749 g/mol. The molecule has 0 bridgehead atoms. The molecule has 0 saturated heterocycles. The first-order chi connectivity index (χ1) is 28.7. The molecule has 3 spiro atoms. The molecule has 3 fully saturated rings. The summed E-state index contributed by atoms with van der Waals surface area (Å²) in [5.41, 5.74) is 21.5. The highest BCUT2D eigenvalue weighted by atomic mass is 15.1. The van der Waals surface area contributed by atoms with Crippen molar-refractivity contribution < 1.29 is 0 Å². The molecule has 1 nitrogen and oxygen atoms in total. The van der Waals surface area contributed by atoms with Crippen molar-refractivity contribution >= 4 is 52.0 Å². The molecule has 0 amide bonds. The molecule has 284 valence electrons. The van der Waals surface area contributed by atoms with E-state index in [0.29, 0.717) is 0 Å². The Labute approximate surface area is 344 Å². The fourth-order valence-electron chi connectivity index (χ4n) is 12.9. The Morgan fingerprint density at radius 1 is 0.293 bits per heavy atom. The first-order valence-corrected chi connectivity index (χ1v) is 22.2. The molecule has 0 N–H and O–H groups in total. The number of hydrogen-bond donors (Lipinski definition) is 0. The van der Waals surface area contributed by atoms with E-state index in [1.165, 1.54) is 161 Å². The van der Waals surface area contributed by atoms with Crippen molar-refractivity contribution in [2.45, 2.75) is 93.3 Å². The number of allylic oxidation sites excluding steroid dienone is 3. The van der Waals surface area contributed by atoms with Crippen molar-refractivity contribution in [2.24, 2.45) is 0 Å². The molecule has 0 aliphatic heterocycles. The van der Waals surface area contributed by atoms with E-state index in [1.807, 2.05) is 0 Å². The molecular weight excluding hydrogens is 699 g/mol. The normalized spacial score (nSPS) is 20.0. The third kappa shape index (κ3) is 5.01. The fourth-order valence-corrected chi connectivity index (χ4v) is 12.9. The van der Waals surface area contributed by atoms with Crippen LogP contribution in [-0.4, -0.2) is 0 Å². The average molecular weight is 750 g/mol. The Morgan fingerprint density at radius 2 is 0.552 bits per heavy atom. The van der Waals surface area contributed by atoms with Gasteiger partial charge in [-0.3, -0.25) is 0 Å². The summed E-state index contributed by atoms with van der Waals surface area (Å²) < 4.78 is 0. The van der Waals surface area contributed by atoms with E-state index in [1.54, 1.807) is 0 Å². The van der Waals surface area contributed by atoms with Crippen molar-refractivity contribution in [3.63, 3.8) is 0 Å². The molecule has 1 heteroatoms. The Hall–Kier alpha value is -5.66. The molecule has 6 aromatic carbocycles. The molecule has 12 rings (SSSR count). The molecule has 0 heterocycles. The molecule has 3 saturated carbocycles. The van der Waals surface area contributed by atoms with Gasteiger partial charge in [0.25, 0.3) is 0 Å². The number of fused-ring (bicyclic) bond motifs is 6. The summed E-state index contributed by atoms with van der Waals surface area (Å²) >= 11 is 0. The predicted octanol–water partition coefficient (Wildman–Crippen LogP) is 15.3. The largest absolute Gasteiger partial charge is 0.311 e. The van der Waals surface area contributed by atoms with E-state index in [9.17, 15) is 0 Å². The van der Waals surface area contributed by atoms with Gasteiger partial charge in [0.1, 0.15) is 0 Å². The highest BCUT2D eigenvalue weighted by molar-refractivity contribution is 5.97. The number of anilines is 3. The lowest BCUT2D eigenvalue weighted by Gasteiger charge is -2.31. The van der Waals surface area contributed by atoms with Crippen molar-refractivity contribution in [2.75, 3.05) is 4.90 Å². The van der Waals surface area contributed by atoms with Crippen molar-refractivity contribution in [1.82, 2.24) is 0 Å². The molecular formula is C57H51N. The van der Waals surface area contributed by atoms with Crippen LogP contribution in [0.25, 0.3) is 34.9 Å². The molecule has 0 radical (unpaired) electrons. The molecule has 6 aliphatic rings. The van der Waals surface area contributed by atoms with Gasteiger partial charge in [-0.1, -0.05) is 148 Å². The van der Waals surface area contributed by atoms with E-state index in [-0.39, 0.29) is 16.2 Å². The van der Waals surface area contributed by atoms with Crippen molar-refractivity contribution in [3.8, 4) is 0 Å². The van der Waals surface area contributed by atoms with Crippen LogP contribution in [0.3, 0.4) is 0 Å². The van der Waals surface area contributed by atoms with E-state index in [2.05, 4.69) is 169 Å². The topological polar surface area (TPSA) is 3.24 Å². The van der Waals surface area contributed by atoms with Gasteiger partial charge in [-0.25, -0.2) is 0 Å². The highest BCUT2D eigenvalue weighted by Crippen LogP contribution is 2.59. The third-order valence-corrected chi connectivity index (χ3v) is 15.6. The maximum atomic E-state index is 2.49. The van der Waals surface area contributed by atoms with Crippen LogP contribution < -0.4 is 4.90 Å². The van der Waals surface area contributed by atoms with Crippen LogP contribution in [-0.2, 0) is 16.2 Å². The van der Waals surface area contributed by atoms with Gasteiger partial charge in [0, 0.05) is 33.3 Å². The summed E-state index contributed by atoms with van der Waals surface area (Å²) in [6, 6.07) is 56.0. The zero-order valence-corrected chi connectivity index (χ0v) is 33.5. The van der Waals surface area contributed by atoms with Crippen molar-refractivity contribution in [1.29, 1.82) is 0 Å². The minimum atomic E-state index is 0.153. The van der Waals surface area contributed by atoms with E-state index >= 15 is 0 Å². The number of nitrogens with zero attached hydrogens (tertiary/aromatic N) is 1. The molecule has 58 heavy (non-hydrogen) atoms. The van der Waals surface area contributed by atoms with Gasteiger partial charge in [-0.2, -0.15) is 0 Å². The van der Waals surface area contributed by atoms with E-state index < -0.39 is 0 Å². The lowest BCUT2D eigenvalue weighted by molar-refractivity contribution is 0.586. The third-order valence-electron chi connectivity index (χ3n) is 15.6. The zero-order valence-electron chi connectivity index (χ0n) is 33.5. The van der Waals surface area contributed by atoms with Crippen molar-refractivity contribution in [3.05, 3.63) is 196 Å². The lowest BCUT2D eigenvalue weighted by atomic mass is 9.73. The van der Waals surface area contributed by atoms with Crippen LogP contribution in [0.4, 0.5) is 17.1 Å². The Morgan fingerprint density at radius 3 is 0.828 bits per heavy atom. The first-order valence-electron chi connectivity index (χ1n) is 22.2. The molecule has 6 aliphatic carbocycles. The summed E-state index contributed by atoms with van der Waals surface area (Å²) in [4.78, 5) is 2.48. The van der Waals surface area contributed by atoms with Gasteiger partial charge in [0.2, 0.25) is 0 Å².